The van der Waals surface area contributed by atoms with Gasteiger partial charge >= 0.3 is 0 Å². The Bertz CT molecular complexity index is 246. The normalized spacial score (nSPS) is 10.3. The molecule has 0 aliphatic carbocycles. The van der Waals surface area contributed by atoms with Crippen molar-refractivity contribution >= 4 is 0 Å². The van der Waals surface area contributed by atoms with E-state index in [0.29, 0.717) is 0 Å². The van der Waals surface area contributed by atoms with E-state index >= 15 is 0 Å². The number of hydrogen-bond donors (Lipinski definition) is 1. The van der Waals surface area contributed by atoms with Gasteiger partial charge in [-0.25, -0.2) is 0 Å². The monoisotopic (exact) mass is 221 g/mol. The van der Waals surface area contributed by atoms with Crippen LogP contribution in [0.1, 0.15) is 51.9 Å². The van der Waals surface area contributed by atoms with Crippen LogP contribution in [0.4, 0.5) is 0 Å². The molecule has 90 valence electrons. The summed E-state index contributed by atoms with van der Waals surface area (Å²) < 4.78 is 2.02. The molecule has 1 heterocycles. The van der Waals surface area contributed by atoms with Gasteiger partial charge in [-0.15, -0.1) is 0 Å². The molecule has 0 spiro atoms. The third kappa shape index (κ3) is 6.44. The van der Waals surface area contributed by atoms with E-state index in [0.717, 1.165) is 6.54 Å². The van der Waals surface area contributed by atoms with Gasteiger partial charge in [0.15, 0.2) is 12.4 Å². The fraction of sp³-hybridized carbons (Fsp3) is 0.643. The molecule has 2 heteroatoms. The Balaban J connectivity index is 1.89. The van der Waals surface area contributed by atoms with Crippen molar-refractivity contribution in [3.8, 4) is 0 Å². The maximum atomic E-state index is 3.36. The van der Waals surface area contributed by atoms with Gasteiger partial charge in [-0.1, -0.05) is 56.2 Å². The molecule has 1 N–H and O–H groups in total. The summed E-state index contributed by atoms with van der Waals surface area (Å²) in [4.78, 5) is 0. The minimum absolute atomic E-state index is 1.07. The van der Waals surface area contributed by atoms with Crippen molar-refractivity contribution in [3.05, 3.63) is 30.6 Å². The fourth-order valence-electron chi connectivity index (χ4n) is 1.79. The topological polar surface area (TPSA) is 15.9 Å². The van der Waals surface area contributed by atoms with E-state index in [-0.39, 0.29) is 0 Å². The third-order valence-corrected chi connectivity index (χ3v) is 2.79. The second kappa shape index (κ2) is 9.20. The van der Waals surface area contributed by atoms with Crippen LogP contribution in [0.5, 0.6) is 0 Å². The van der Waals surface area contributed by atoms with Crippen molar-refractivity contribution in [1.29, 1.82) is 0 Å². The molecule has 2 nitrogen and oxygen atoms in total. The Kier molecular flexibility index (Phi) is 7.48. The number of pyridine rings is 1. The van der Waals surface area contributed by atoms with Gasteiger partial charge in [-0.3, -0.25) is 0 Å². The molecule has 0 radical (unpaired) electrons. The number of unbranched alkanes of at least 4 members (excludes halogenated alkanes) is 6. The van der Waals surface area contributed by atoms with Crippen LogP contribution < -0.4 is 10.1 Å². The predicted octanol–water partition coefficient (Wildman–Crippen LogP) is 3.27. The highest BCUT2D eigenvalue weighted by molar-refractivity contribution is 4.84. The van der Waals surface area contributed by atoms with Crippen LogP contribution in [0.2, 0.25) is 0 Å². The number of nitrogens with zero attached hydrogens (tertiary/aromatic N) is 1. The second-order valence-corrected chi connectivity index (χ2v) is 4.31. The molecule has 0 aliphatic heterocycles. The standard InChI is InChI=1S/C14H25N2/c1-2-3-4-5-6-7-9-12-15-16-13-10-8-11-14-16/h8,10-11,13-15H,2-7,9,12H2,1H3/q+1. The van der Waals surface area contributed by atoms with Crippen LogP contribution in [0.15, 0.2) is 30.6 Å². The first-order valence-corrected chi connectivity index (χ1v) is 6.63. The van der Waals surface area contributed by atoms with Crippen molar-refractivity contribution in [2.45, 2.75) is 51.9 Å². The lowest BCUT2D eigenvalue weighted by atomic mass is 10.1. The zero-order chi connectivity index (χ0) is 11.5. The van der Waals surface area contributed by atoms with Gasteiger partial charge < -0.3 is 0 Å². The van der Waals surface area contributed by atoms with E-state index in [1.54, 1.807) is 0 Å². The summed E-state index contributed by atoms with van der Waals surface area (Å²) in [6.07, 6.45) is 13.7. The molecule has 0 bridgehead atoms. The van der Waals surface area contributed by atoms with Crippen LogP contribution in [-0.4, -0.2) is 6.54 Å². The summed E-state index contributed by atoms with van der Waals surface area (Å²) in [5.74, 6) is 0. The van der Waals surface area contributed by atoms with Crippen molar-refractivity contribution in [2.75, 3.05) is 12.0 Å². The molecule has 0 aromatic carbocycles. The van der Waals surface area contributed by atoms with E-state index < -0.39 is 0 Å². The van der Waals surface area contributed by atoms with Crippen molar-refractivity contribution in [2.24, 2.45) is 0 Å². The Morgan fingerprint density at radius 2 is 1.44 bits per heavy atom. The highest BCUT2D eigenvalue weighted by atomic mass is 15.4. The first kappa shape index (κ1) is 13.0. The number of hydrogen-bond acceptors (Lipinski definition) is 1. The van der Waals surface area contributed by atoms with Crippen LogP contribution in [0.3, 0.4) is 0 Å². The molecular weight excluding hydrogens is 196 g/mol. The smallest absolute Gasteiger partial charge is 0.193 e. The zero-order valence-corrected chi connectivity index (χ0v) is 10.5. The third-order valence-electron chi connectivity index (χ3n) is 2.79. The van der Waals surface area contributed by atoms with Gasteiger partial charge in [0, 0.05) is 12.1 Å². The Morgan fingerprint density at radius 1 is 0.812 bits per heavy atom. The summed E-state index contributed by atoms with van der Waals surface area (Å²) in [6.45, 7) is 3.34. The van der Waals surface area contributed by atoms with Crippen LogP contribution in [0, 0.1) is 0 Å². The minimum atomic E-state index is 1.07. The maximum Gasteiger partial charge on any atom is 0.199 e. The molecule has 0 saturated carbocycles. The Hall–Kier alpha value is -1.05. The van der Waals surface area contributed by atoms with Gasteiger partial charge in [0.2, 0.25) is 0 Å². The molecule has 0 unspecified atom stereocenters. The molecular formula is C14H25N2+. The maximum absolute atomic E-state index is 3.36. The first-order chi connectivity index (χ1) is 7.93. The van der Waals surface area contributed by atoms with E-state index in [2.05, 4.69) is 12.3 Å². The Labute approximate surface area is 99.7 Å². The quantitative estimate of drug-likeness (QED) is 0.500. The van der Waals surface area contributed by atoms with Crippen molar-refractivity contribution < 1.29 is 4.68 Å². The van der Waals surface area contributed by atoms with Crippen molar-refractivity contribution in [1.82, 2.24) is 0 Å². The summed E-state index contributed by atoms with van der Waals surface area (Å²) >= 11 is 0. The van der Waals surface area contributed by atoms with Crippen LogP contribution in [0.25, 0.3) is 0 Å². The minimum Gasteiger partial charge on any atom is -0.193 e. The highest BCUT2D eigenvalue weighted by Gasteiger charge is 1.95. The van der Waals surface area contributed by atoms with Gasteiger partial charge in [0.05, 0.1) is 6.54 Å². The first-order valence-electron chi connectivity index (χ1n) is 6.63. The fourth-order valence-corrected chi connectivity index (χ4v) is 1.79. The summed E-state index contributed by atoms with van der Waals surface area (Å²) in [7, 11) is 0. The number of nitrogens with one attached hydrogen (secondary N) is 1. The number of rotatable bonds is 9. The molecule has 0 saturated heterocycles. The molecule has 1 aromatic rings. The lowest BCUT2D eigenvalue weighted by Crippen LogP contribution is -2.44. The molecule has 1 rings (SSSR count). The highest BCUT2D eigenvalue weighted by Crippen LogP contribution is 2.06. The number of aromatic nitrogens is 1. The lowest BCUT2D eigenvalue weighted by molar-refractivity contribution is -0.650. The molecule has 0 amide bonds. The summed E-state index contributed by atoms with van der Waals surface area (Å²) in [6, 6.07) is 6.11. The largest absolute Gasteiger partial charge is 0.199 e. The second-order valence-electron chi connectivity index (χ2n) is 4.31. The van der Waals surface area contributed by atoms with E-state index in [4.69, 9.17) is 0 Å². The van der Waals surface area contributed by atoms with Gasteiger partial charge in [0.25, 0.3) is 0 Å². The lowest BCUT2D eigenvalue weighted by Gasteiger charge is -2.01. The van der Waals surface area contributed by atoms with Gasteiger partial charge in [-0.2, -0.15) is 5.43 Å². The van der Waals surface area contributed by atoms with Crippen LogP contribution >= 0.6 is 0 Å². The summed E-state index contributed by atoms with van der Waals surface area (Å²) in [5, 5.41) is 0. The van der Waals surface area contributed by atoms with Crippen LogP contribution in [-0.2, 0) is 0 Å². The van der Waals surface area contributed by atoms with Gasteiger partial charge in [0.1, 0.15) is 0 Å². The SMILES string of the molecule is CCCCCCCCCN[n+]1ccccc1. The van der Waals surface area contributed by atoms with E-state index in [1.165, 1.54) is 44.9 Å². The Morgan fingerprint density at radius 3 is 2.12 bits per heavy atom. The molecule has 0 fully saturated rings. The van der Waals surface area contributed by atoms with E-state index in [1.807, 2.05) is 35.3 Å². The summed E-state index contributed by atoms with van der Waals surface area (Å²) in [5.41, 5.74) is 3.36. The van der Waals surface area contributed by atoms with Crippen molar-refractivity contribution in [3.63, 3.8) is 0 Å². The average molecular weight is 221 g/mol. The molecule has 0 aliphatic rings. The molecule has 0 atom stereocenters. The van der Waals surface area contributed by atoms with E-state index in [9.17, 15) is 0 Å². The average Bonchev–Trinajstić information content (AvgIpc) is 2.34. The predicted molar refractivity (Wildman–Crippen MR) is 68.9 cm³/mol. The zero-order valence-electron chi connectivity index (χ0n) is 10.5. The van der Waals surface area contributed by atoms with Gasteiger partial charge in [-0.05, 0) is 6.42 Å². The molecule has 1 aromatic heterocycles. The molecule has 16 heavy (non-hydrogen) atoms.